The Labute approximate surface area is 154 Å². The second kappa shape index (κ2) is 7.55. The van der Waals surface area contributed by atoms with Gasteiger partial charge < -0.3 is 16.4 Å². The minimum absolute atomic E-state index is 0. The highest BCUT2D eigenvalue weighted by Crippen LogP contribution is 2.36. The van der Waals surface area contributed by atoms with Crippen LogP contribution in [0.15, 0.2) is 24.3 Å². The number of anilines is 2. The molecule has 1 saturated heterocycles. The third-order valence-electron chi connectivity index (χ3n) is 4.67. The lowest BCUT2D eigenvalue weighted by molar-refractivity contribution is 0.750. The zero-order valence-electron chi connectivity index (χ0n) is 13.4. The summed E-state index contributed by atoms with van der Waals surface area (Å²) in [7, 11) is 0. The van der Waals surface area contributed by atoms with Crippen LogP contribution in [0.1, 0.15) is 24.0 Å². The van der Waals surface area contributed by atoms with E-state index in [1.807, 2.05) is 0 Å². The van der Waals surface area contributed by atoms with Gasteiger partial charge in [0.1, 0.15) is 5.82 Å². The largest absolute Gasteiger partial charge is 0.368 e. The number of nitrogen functional groups attached to an aromatic ring is 1. The topological polar surface area (TPSA) is 81.1 Å². The first-order valence-electron chi connectivity index (χ1n) is 7.97. The Morgan fingerprint density at radius 3 is 2.62 bits per heavy atom. The van der Waals surface area contributed by atoms with Crippen LogP contribution in [0.4, 0.5) is 11.8 Å². The first kappa shape index (κ1) is 18.8. The molecule has 1 aromatic carbocycles. The number of rotatable bonds is 1. The molecule has 7 heteroatoms. The van der Waals surface area contributed by atoms with E-state index in [1.165, 1.54) is 16.7 Å². The number of nitrogens with two attached hydrogens (primary N) is 2. The lowest BCUT2D eigenvalue weighted by atomic mass is 10.0. The van der Waals surface area contributed by atoms with Crippen molar-refractivity contribution in [2.75, 3.05) is 23.7 Å². The molecule has 1 aliphatic carbocycles. The van der Waals surface area contributed by atoms with Gasteiger partial charge in [0.05, 0.1) is 5.69 Å². The molecule has 0 radical (unpaired) electrons. The summed E-state index contributed by atoms with van der Waals surface area (Å²) in [6, 6.07) is 8.72. The number of hydrogen-bond acceptors (Lipinski definition) is 5. The smallest absolute Gasteiger partial charge is 0.222 e. The first-order valence-corrected chi connectivity index (χ1v) is 7.97. The fourth-order valence-corrected chi connectivity index (χ4v) is 3.61. The number of benzene rings is 1. The highest BCUT2D eigenvalue weighted by atomic mass is 35.5. The molecule has 1 aliphatic heterocycles. The summed E-state index contributed by atoms with van der Waals surface area (Å²) in [5.41, 5.74) is 16.9. The van der Waals surface area contributed by atoms with Gasteiger partial charge in [-0.1, -0.05) is 24.3 Å². The minimum Gasteiger partial charge on any atom is -0.368 e. The number of aryl methyl sites for hydroxylation is 1. The highest BCUT2D eigenvalue weighted by Gasteiger charge is 2.27. The van der Waals surface area contributed by atoms with Crippen molar-refractivity contribution in [1.82, 2.24) is 9.97 Å². The normalized spacial score (nSPS) is 18.7. The van der Waals surface area contributed by atoms with Crippen LogP contribution in [0.25, 0.3) is 11.3 Å². The van der Waals surface area contributed by atoms with Gasteiger partial charge in [0.25, 0.3) is 0 Å². The average Bonchev–Trinajstić information content (AvgIpc) is 2.86. The van der Waals surface area contributed by atoms with Crippen LogP contribution in [0, 0.1) is 0 Å². The minimum atomic E-state index is 0. The van der Waals surface area contributed by atoms with Crippen LogP contribution in [0.2, 0.25) is 0 Å². The van der Waals surface area contributed by atoms with Crippen molar-refractivity contribution in [1.29, 1.82) is 0 Å². The van der Waals surface area contributed by atoms with Crippen LogP contribution < -0.4 is 16.4 Å². The monoisotopic (exact) mass is 367 g/mol. The molecule has 1 unspecified atom stereocenters. The van der Waals surface area contributed by atoms with Gasteiger partial charge in [-0.3, -0.25) is 0 Å². The molecule has 0 saturated carbocycles. The maximum absolute atomic E-state index is 6.07. The van der Waals surface area contributed by atoms with Crippen molar-refractivity contribution in [3.63, 3.8) is 0 Å². The Balaban J connectivity index is 0.00000104. The summed E-state index contributed by atoms with van der Waals surface area (Å²) in [5, 5.41) is 0. The Morgan fingerprint density at radius 1 is 1.08 bits per heavy atom. The second-order valence-electron chi connectivity index (χ2n) is 6.24. The summed E-state index contributed by atoms with van der Waals surface area (Å²) in [6.07, 6.45) is 4.19. The van der Waals surface area contributed by atoms with Crippen molar-refractivity contribution in [2.45, 2.75) is 31.7 Å². The molecule has 0 spiro atoms. The van der Waals surface area contributed by atoms with Crippen molar-refractivity contribution < 1.29 is 0 Å². The van der Waals surface area contributed by atoms with Crippen LogP contribution >= 0.6 is 24.8 Å². The van der Waals surface area contributed by atoms with E-state index in [2.05, 4.69) is 39.1 Å². The molecule has 24 heavy (non-hydrogen) atoms. The van der Waals surface area contributed by atoms with Crippen LogP contribution in [0.3, 0.4) is 0 Å². The van der Waals surface area contributed by atoms with Crippen molar-refractivity contribution in [3.05, 3.63) is 35.4 Å². The van der Waals surface area contributed by atoms with Gasteiger partial charge in [-0.15, -0.1) is 24.8 Å². The highest BCUT2D eigenvalue weighted by molar-refractivity contribution is 5.85. The molecule has 0 bridgehead atoms. The second-order valence-corrected chi connectivity index (χ2v) is 6.24. The van der Waals surface area contributed by atoms with E-state index < -0.39 is 0 Å². The van der Waals surface area contributed by atoms with Gasteiger partial charge in [-0.25, -0.2) is 4.98 Å². The summed E-state index contributed by atoms with van der Waals surface area (Å²) >= 11 is 0. The average molecular weight is 368 g/mol. The summed E-state index contributed by atoms with van der Waals surface area (Å²) in [4.78, 5) is 11.4. The lowest BCUT2D eigenvalue weighted by Gasteiger charge is -2.22. The maximum Gasteiger partial charge on any atom is 0.222 e. The standard InChI is InChI=1S/C17H21N5.2ClH/c18-12-8-9-22(10-12)16-14-7-3-5-11-4-1-2-6-13(11)15(14)20-17(19)21-16;;/h1-2,4,6,12H,3,5,7-10,18H2,(H2,19,20,21);2*1H. The SMILES string of the molecule is Cl.Cl.Nc1nc2c(c(N3CCC(N)C3)n1)CCCc1ccccc1-2. The zero-order valence-corrected chi connectivity index (χ0v) is 15.1. The molecule has 2 heterocycles. The van der Waals surface area contributed by atoms with Crippen LogP contribution in [0.5, 0.6) is 0 Å². The Bertz CT molecular complexity index is 722. The van der Waals surface area contributed by atoms with E-state index in [0.717, 1.165) is 50.3 Å². The van der Waals surface area contributed by atoms with Gasteiger partial charge in [0.15, 0.2) is 0 Å². The van der Waals surface area contributed by atoms with Gasteiger partial charge >= 0.3 is 0 Å². The van der Waals surface area contributed by atoms with E-state index >= 15 is 0 Å². The quantitative estimate of drug-likeness (QED) is 0.809. The number of nitrogens with zero attached hydrogens (tertiary/aromatic N) is 3. The fourth-order valence-electron chi connectivity index (χ4n) is 3.61. The molecule has 4 rings (SSSR count). The molecule has 4 N–H and O–H groups in total. The van der Waals surface area contributed by atoms with E-state index in [1.54, 1.807) is 0 Å². The summed E-state index contributed by atoms with van der Waals surface area (Å²) in [5.74, 6) is 1.35. The molecular formula is C17H23Cl2N5. The van der Waals surface area contributed by atoms with Gasteiger partial charge in [0, 0.05) is 30.3 Å². The molecule has 5 nitrogen and oxygen atoms in total. The van der Waals surface area contributed by atoms with Gasteiger partial charge in [-0.05, 0) is 31.2 Å². The lowest BCUT2D eigenvalue weighted by Crippen LogP contribution is -2.28. The van der Waals surface area contributed by atoms with E-state index in [0.29, 0.717) is 5.95 Å². The van der Waals surface area contributed by atoms with Crippen molar-refractivity contribution in [2.24, 2.45) is 5.73 Å². The summed E-state index contributed by atoms with van der Waals surface area (Å²) in [6.45, 7) is 1.80. The predicted molar refractivity (Wildman–Crippen MR) is 103 cm³/mol. The van der Waals surface area contributed by atoms with Gasteiger partial charge in [-0.2, -0.15) is 4.98 Å². The first-order chi connectivity index (χ1) is 10.7. The van der Waals surface area contributed by atoms with E-state index in [9.17, 15) is 0 Å². The fraction of sp³-hybridized carbons (Fsp3) is 0.412. The molecule has 2 aromatic rings. The third kappa shape index (κ3) is 3.29. The third-order valence-corrected chi connectivity index (χ3v) is 4.67. The molecule has 2 aliphatic rings. The molecule has 1 atom stereocenters. The molecule has 130 valence electrons. The number of fused-ring (bicyclic) bond motifs is 3. The zero-order chi connectivity index (χ0) is 15.1. The molecular weight excluding hydrogens is 345 g/mol. The Kier molecular flexibility index (Phi) is 5.91. The van der Waals surface area contributed by atoms with E-state index in [4.69, 9.17) is 11.5 Å². The number of aromatic nitrogens is 2. The van der Waals surface area contributed by atoms with Gasteiger partial charge in [0.2, 0.25) is 5.95 Å². The molecule has 0 amide bonds. The Morgan fingerprint density at radius 2 is 1.88 bits per heavy atom. The number of hydrogen-bond donors (Lipinski definition) is 2. The Hall–Kier alpha value is -1.56. The molecule has 1 fully saturated rings. The predicted octanol–water partition coefficient (Wildman–Crippen LogP) is 2.60. The van der Waals surface area contributed by atoms with Crippen molar-refractivity contribution in [3.8, 4) is 11.3 Å². The number of halogens is 2. The van der Waals surface area contributed by atoms with Crippen LogP contribution in [-0.4, -0.2) is 29.1 Å². The molecule has 1 aromatic heterocycles. The van der Waals surface area contributed by atoms with E-state index in [-0.39, 0.29) is 30.9 Å². The summed E-state index contributed by atoms with van der Waals surface area (Å²) < 4.78 is 0. The van der Waals surface area contributed by atoms with Crippen molar-refractivity contribution >= 4 is 36.6 Å². The maximum atomic E-state index is 6.07. The van der Waals surface area contributed by atoms with Crippen LogP contribution in [-0.2, 0) is 12.8 Å².